The summed E-state index contributed by atoms with van der Waals surface area (Å²) in [5.41, 5.74) is -0.156. The minimum Gasteiger partial charge on any atom is -0.478 e. The van der Waals surface area contributed by atoms with E-state index in [1.165, 1.54) is 0 Å². The van der Waals surface area contributed by atoms with E-state index < -0.39 is 11.9 Å². The molecule has 0 rings (SSSR count). The third-order valence-corrected chi connectivity index (χ3v) is 1.38. The highest BCUT2D eigenvalue weighted by Gasteiger charge is 2.02. The van der Waals surface area contributed by atoms with Crippen molar-refractivity contribution in [3.63, 3.8) is 0 Å². The molecule has 0 aromatic rings. The summed E-state index contributed by atoms with van der Waals surface area (Å²) in [7, 11) is 0. The molecule has 0 fully saturated rings. The lowest BCUT2D eigenvalue weighted by atomic mass is 10.2. The predicted octanol–water partition coefficient (Wildman–Crippen LogP) is 2.41. The summed E-state index contributed by atoms with van der Waals surface area (Å²) in [6.45, 7) is 10.6. The van der Waals surface area contributed by atoms with Crippen LogP contribution in [0.15, 0.2) is 48.6 Å². The molecule has 0 unspecified atom stereocenters. The molecule has 0 aliphatic carbocycles. The number of allylic oxidation sites excluding steroid dienone is 2. The summed E-state index contributed by atoms with van der Waals surface area (Å²) >= 11 is 0. The van der Waals surface area contributed by atoms with Crippen molar-refractivity contribution in [3.8, 4) is 0 Å². The van der Waals surface area contributed by atoms with Crippen LogP contribution in [0.3, 0.4) is 0 Å². The van der Waals surface area contributed by atoms with Crippen LogP contribution in [0.1, 0.15) is 13.8 Å². The van der Waals surface area contributed by atoms with Crippen LogP contribution in [-0.2, 0) is 9.59 Å². The summed E-state index contributed by atoms with van der Waals surface area (Å²) < 4.78 is 0. The van der Waals surface area contributed by atoms with Gasteiger partial charge in [0, 0.05) is 0 Å². The van der Waals surface area contributed by atoms with E-state index in [0.717, 1.165) is 24.3 Å². The molecule has 0 atom stereocenters. The number of carboxylic acid groups (broad SMARTS) is 2. The fraction of sp³-hybridized carbons (Fsp3) is 0.167. The largest absolute Gasteiger partial charge is 0.478 e. The molecule has 16 heavy (non-hydrogen) atoms. The van der Waals surface area contributed by atoms with Crippen LogP contribution >= 0.6 is 0 Å². The highest BCUT2D eigenvalue weighted by atomic mass is 16.4. The van der Waals surface area contributed by atoms with E-state index in [2.05, 4.69) is 13.2 Å². The zero-order valence-corrected chi connectivity index (χ0v) is 9.43. The Labute approximate surface area is 94.9 Å². The molecular formula is C12H16O4. The molecule has 0 aliphatic rings. The van der Waals surface area contributed by atoms with Crippen molar-refractivity contribution >= 4 is 11.9 Å². The standard InChI is InChI=1S/C10H10O4.C2H6/c1-3-7(9(11)12)5-6-8(4-2)10(13)14;1-2/h3-6H,1-2H2,(H,11,12)(H,13,14);1-2H3/b7-5+,8-6+;. The van der Waals surface area contributed by atoms with Crippen molar-refractivity contribution in [1.82, 2.24) is 0 Å². The molecule has 0 saturated heterocycles. The van der Waals surface area contributed by atoms with Gasteiger partial charge < -0.3 is 10.2 Å². The molecule has 4 heteroatoms. The summed E-state index contributed by atoms with van der Waals surface area (Å²) in [5, 5.41) is 17.1. The smallest absolute Gasteiger partial charge is 0.335 e. The van der Waals surface area contributed by atoms with Gasteiger partial charge in [0.2, 0.25) is 0 Å². The maximum Gasteiger partial charge on any atom is 0.335 e. The fourth-order valence-corrected chi connectivity index (χ4v) is 0.633. The first-order chi connectivity index (χ1) is 7.52. The Bertz CT molecular complexity index is 301. The first-order valence-corrected chi connectivity index (χ1v) is 4.66. The van der Waals surface area contributed by atoms with Gasteiger partial charge in [-0.25, -0.2) is 9.59 Å². The van der Waals surface area contributed by atoms with Crippen molar-refractivity contribution in [2.24, 2.45) is 0 Å². The van der Waals surface area contributed by atoms with Gasteiger partial charge >= 0.3 is 11.9 Å². The molecule has 0 radical (unpaired) electrons. The molecule has 0 bridgehead atoms. The summed E-state index contributed by atoms with van der Waals surface area (Å²) in [5.74, 6) is -2.32. The van der Waals surface area contributed by atoms with Crippen LogP contribution in [0.4, 0.5) is 0 Å². The van der Waals surface area contributed by atoms with Gasteiger partial charge in [-0.1, -0.05) is 39.2 Å². The maximum atomic E-state index is 10.5. The number of hydrogen-bond donors (Lipinski definition) is 2. The fourth-order valence-electron chi connectivity index (χ4n) is 0.633. The van der Waals surface area contributed by atoms with Crippen LogP contribution < -0.4 is 0 Å². The lowest BCUT2D eigenvalue weighted by Gasteiger charge is -1.92. The predicted molar refractivity (Wildman–Crippen MR) is 63.2 cm³/mol. The lowest BCUT2D eigenvalue weighted by molar-refractivity contribution is -0.133. The average molecular weight is 224 g/mol. The lowest BCUT2D eigenvalue weighted by Crippen LogP contribution is -1.99. The van der Waals surface area contributed by atoms with E-state index in [0.29, 0.717) is 0 Å². The van der Waals surface area contributed by atoms with Crippen LogP contribution in [0, 0.1) is 0 Å². The van der Waals surface area contributed by atoms with Gasteiger partial charge in [0.15, 0.2) is 0 Å². The zero-order valence-electron chi connectivity index (χ0n) is 9.43. The van der Waals surface area contributed by atoms with Crippen molar-refractivity contribution < 1.29 is 19.8 Å². The Morgan fingerprint density at radius 3 is 1.25 bits per heavy atom. The van der Waals surface area contributed by atoms with E-state index in [1.807, 2.05) is 13.8 Å². The molecule has 0 aromatic heterocycles. The second-order valence-electron chi connectivity index (χ2n) is 2.26. The van der Waals surface area contributed by atoms with Gasteiger partial charge in [-0.3, -0.25) is 0 Å². The number of carbonyl (C=O) groups is 2. The number of carboxylic acids is 2. The molecule has 0 amide bonds. The molecule has 0 heterocycles. The van der Waals surface area contributed by atoms with Gasteiger partial charge in [-0.15, -0.1) is 0 Å². The topological polar surface area (TPSA) is 74.6 Å². The Kier molecular flexibility index (Phi) is 9.65. The Hall–Kier alpha value is -2.10. The van der Waals surface area contributed by atoms with Crippen molar-refractivity contribution in [2.75, 3.05) is 0 Å². The van der Waals surface area contributed by atoms with E-state index in [9.17, 15) is 9.59 Å². The molecule has 0 aromatic carbocycles. The van der Waals surface area contributed by atoms with Gasteiger partial charge in [0.25, 0.3) is 0 Å². The van der Waals surface area contributed by atoms with Crippen LogP contribution in [0.5, 0.6) is 0 Å². The molecule has 0 aliphatic heterocycles. The van der Waals surface area contributed by atoms with E-state index in [1.54, 1.807) is 0 Å². The van der Waals surface area contributed by atoms with Gasteiger partial charge in [0.05, 0.1) is 11.1 Å². The molecular weight excluding hydrogens is 208 g/mol. The summed E-state index contributed by atoms with van der Waals surface area (Å²) in [4.78, 5) is 20.9. The number of hydrogen-bond acceptors (Lipinski definition) is 2. The Balaban J connectivity index is 0. The molecule has 4 nitrogen and oxygen atoms in total. The third-order valence-electron chi connectivity index (χ3n) is 1.38. The normalized spacial score (nSPS) is 10.9. The molecule has 0 spiro atoms. The highest BCUT2D eigenvalue weighted by Crippen LogP contribution is 2.01. The van der Waals surface area contributed by atoms with Crippen molar-refractivity contribution in [1.29, 1.82) is 0 Å². The molecule has 88 valence electrons. The first-order valence-electron chi connectivity index (χ1n) is 4.66. The van der Waals surface area contributed by atoms with E-state index >= 15 is 0 Å². The van der Waals surface area contributed by atoms with Crippen molar-refractivity contribution in [3.05, 3.63) is 48.6 Å². The minimum atomic E-state index is -1.16. The monoisotopic (exact) mass is 224 g/mol. The summed E-state index contributed by atoms with van der Waals surface area (Å²) in [6, 6.07) is 0. The average Bonchev–Trinajstić information content (AvgIpc) is 2.26. The van der Waals surface area contributed by atoms with Gasteiger partial charge in [-0.05, 0) is 12.2 Å². The SMILES string of the molecule is C=C/C(=C\C=C(/C=C)C(=O)O)C(=O)O.CC. The van der Waals surface area contributed by atoms with Crippen LogP contribution in [0.2, 0.25) is 0 Å². The maximum absolute atomic E-state index is 10.5. The van der Waals surface area contributed by atoms with Gasteiger partial charge in [-0.2, -0.15) is 0 Å². The van der Waals surface area contributed by atoms with Crippen molar-refractivity contribution in [2.45, 2.75) is 13.8 Å². The first kappa shape index (κ1) is 16.3. The quantitative estimate of drug-likeness (QED) is 0.555. The van der Waals surface area contributed by atoms with Crippen LogP contribution in [-0.4, -0.2) is 22.2 Å². The van der Waals surface area contributed by atoms with Gasteiger partial charge in [0.1, 0.15) is 0 Å². The third kappa shape index (κ3) is 6.37. The second kappa shape index (κ2) is 9.45. The van der Waals surface area contributed by atoms with E-state index in [-0.39, 0.29) is 11.1 Å². The van der Waals surface area contributed by atoms with E-state index in [4.69, 9.17) is 10.2 Å². The number of aliphatic carboxylic acids is 2. The Morgan fingerprint density at radius 1 is 0.875 bits per heavy atom. The second-order valence-corrected chi connectivity index (χ2v) is 2.26. The zero-order chi connectivity index (χ0) is 13.1. The Morgan fingerprint density at radius 2 is 1.12 bits per heavy atom. The minimum absolute atomic E-state index is 0.0781. The molecule has 0 saturated carbocycles. The molecule has 2 N–H and O–H groups in total. The number of rotatable bonds is 5. The highest BCUT2D eigenvalue weighted by molar-refractivity contribution is 5.92. The van der Waals surface area contributed by atoms with Crippen LogP contribution in [0.25, 0.3) is 0 Å². The summed E-state index contributed by atoms with van der Waals surface area (Å²) in [6.07, 6.45) is 4.56.